The first kappa shape index (κ1) is 13.6. The topological polar surface area (TPSA) is 85.1 Å². The Labute approximate surface area is 102 Å². The molecule has 0 aliphatic heterocycles. The van der Waals surface area contributed by atoms with Gasteiger partial charge in [0.05, 0.1) is 0 Å². The molecule has 7 heteroatoms. The Morgan fingerprint density at radius 1 is 1.65 bits per heavy atom. The number of nitro groups is 1. The highest BCUT2D eigenvalue weighted by molar-refractivity contribution is 7.84. The van der Waals surface area contributed by atoms with Gasteiger partial charge in [0.1, 0.15) is 11.9 Å². The zero-order valence-corrected chi connectivity index (χ0v) is 10.6. The molecule has 1 heterocycles. The maximum atomic E-state index is 11.1. The summed E-state index contributed by atoms with van der Waals surface area (Å²) in [6.45, 7) is 2.42. The van der Waals surface area contributed by atoms with Crippen molar-refractivity contribution in [3.8, 4) is 0 Å². The first-order valence-corrected chi connectivity index (χ1v) is 6.80. The molecule has 0 radical (unpaired) electrons. The Balaban J connectivity index is 2.58. The van der Waals surface area contributed by atoms with Crippen LogP contribution in [0.25, 0.3) is 0 Å². The molecule has 17 heavy (non-hydrogen) atoms. The quantitative estimate of drug-likeness (QED) is 0.617. The molecule has 1 rings (SSSR count). The van der Waals surface area contributed by atoms with E-state index in [4.69, 9.17) is 0 Å². The van der Waals surface area contributed by atoms with Crippen molar-refractivity contribution in [2.75, 3.05) is 18.1 Å². The van der Waals surface area contributed by atoms with Gasteiger partial charge in [0.2, 0.25) is 0 Å². The molecule has 1 N–H and O–H groups in total. The standard InChI is InChI=1S/C10H15N3O3S/c1-8(17(2)16)5-7-11-9-4-3-6-12-10(9)13(14)15/h3-4,6,8,11H,5,7H2,1-2H3. The summed E-state index contributed by atoms with van der Waals surface area (Å²) in [6, 6.07) is 3.25. The van der Waals surface area contributed by atoms with E-state index in [2.05, 4.69) is 10.3 Å². The molecule has 1 aromatic rings. The number of hydrogen-bond acceptors (Lipinski definition) is 5. The van der Waals surface area contributed by atoms with Gasteiger partial charge in [-0.15, -0.1) is 0 Å². The molecule has 0 fully saturated rings. The Kier molecular flexibility index (Phi) is 5.02. The highest BCUT2D eigenvalue weighted by atomic mass is 32.2. The summed E-state index contributed by atoms with van der Waals surface area (Å²) >= 11 is 0. The minimum Gasteiger partial charge on any atom is -0.378 e. The van der Waals surface area contributed by atoms with Crippen LogP contribution in [0.3, 0.4) is 0 Å². The summed E-state index contributed by atoms with van der Waals surface area (Å²) < 4.78 is 11.1. The number of anilines is 1. The van der Waals surface area contributed by atoms with E-state index in [1.807, 2.05) is 6.92 Å². The van der Waals surface area contributed by atoms with Crippen LogP contribution in [0.1, 0.15) is 13.3 Å². The molecule has 0 saturated carbocycles. The number of pyridine rings is 1. The molecule has 2 atom stereocenters. The molecule has 94 valence electrons. The van der Waals surface area contributed by atoms with Crippen LogP contribution >= 0.6 is 0 Å². The van der Waals surface area contributed by atoms with E-state index in [0.717, 1.165) is 0 Å². The fraction of sp³-hybridized carbons (Fsp3) is 0.500. The lowest BCUT2D eigenvalue weighted by Gasteiger charge is -2.09. The lowest BCUT2D eigenvalue weighted by molar-refractivity contribution is -0.388. The van der Waals surface area contributed by atoms with E-state index in [1.54, 1.807) is 18.4 Å². The predicted molar refractivity (Wildman–Crippen MR) is 67.5 cm³/mol. The van der Waals surface area contributed by atoms with Crippen molar-refractivity contribution in [3.05, 3.63) is 28.4 Å². The molecule has 0 spiro atoms. The van der Waals surface area contributed by atoms with Crippen LogP contribution in [0.4, 0.5) is 11.5 Å². The molecule has 6 nitrogen and oxygen atoms in total. The van der Waals surface area contributed by atoms with Crippen LogP contribution in [0.15, 0.2) is 18.3 Å². The zero-order valence-electron chi connectivity index (χ0n) is 9.75. The molecule has 0 bridgehead atoms. The second-order valence-electron chi connectivity index (χ2n) is 3.66. The van der Waals surface area contributed by atoms with Gasteiger partial charge < -0.3 is 15.4 Å². The number of nitrogens with zero attached hydrogens (tertiary/aromatic N) is 2. The van der Waals surface area contributed by atoms with Crippen molar-refractivity contribution >= 4 is 22.3 Å². The van der Waals surface area contributed by atoms with Gasteiger partial charge in [-0.05, 0) is 28.5 Å². The minimum atomic E-state index is -0.872. The number of aromatic nitrogens is 1. The third-order valence-corrected chi connectivity index (χ3v) is 3.76. The predicted octanol–water partition coefficient (Wildman–Crippen LogP) is 1.56. The van der Waals surface area contributed by atoms with Crippen molar-refractivity contribution in [1.29, 1.82) is 0 Å². The number of rotatable bonds is 6. The summed E-state index contributed by atoms with van der Waals surface area (Å²) in [5.41, 5.74) is 0.395. The highest BCUT2D eigenvalue weighted by Gasteiger charge is 2.14. The molecular weight excluding hydrogens is 242 g/mol. The largest absolute Gasteiger partial charge is 0.386 e. The number of hydrogen-bond donors (Lipinski definition) is 1. The zero-order chi connectivity index (χ0) is 12.8. The van der Waals surface area contributed by atoms with Crippen molar-refractivity contribution in [3.63, 3.8) is 0 Å². The van der Waals surface area contributed by atoms with Gasteiger partial charge in [-0.3, -0.25) is 4.21 Å². The monoisotopic (exact) mass is 257 g/mol. The van der Waals surface area contributed by atoms with Crippen LogP contribution in [-0.2, 0) is 10.8 Å². The highest BCUT2D eigenvalue weighted by Crippen LogP contribution is 2.19. The Morgan fingerprint density at radius 3 is 2.94 bits per heavy atom. The Bertz CT molecular complexity index is 425. The smallest absolute Gasteiger partial charge is 0.378 e. The summed E-state index contributed by atoms with van der Waals surface area (Å²) in [7, 11) is -0.872. The van der Waals surface area contributed by atoms with Crippen LogP contribution < -0.4 is 5.32 Å². The lowest BCUT2D eigenvalue weighted by Crippen LogP contribution is -2.15. The molecule has 0 aromatic carbocycles. The van der Waals surface area contributed by atoms with Gasteiger partial charge in [0.25, 0.3) is 0 Å². The van der Waals surface area contributed by atoms with Crippen LogP contribution in [0.5, 0.6) is 0 Å². The van der Waals surface area contributed by atoms with Crippen LogP contribution in [-0.4, -0.2) is 32.2 Å². The van der Waals surface area contributed by atoms with E-state index in [9.17, 15) is 14.3 Å². The molecule has 0 aliphatic carbocycles. The molecule has 1 aromatic heterocycles. The Hall–Kier alpha value is -1.50. The molecule has 0 aliphatic rings. The van der Waals surface area contributed by atoms with Gasteiger partial charge in [-0.1, -0.05) is 6.92 Å². The third kappa shape index (κ3) is 4.10. The molecule has 0 amide bonds. The van der Waals surface area contributed by atoms with Crippen LogP contribution in [0.2, 0.25) is 0 Å². The summed E-state index contributed by atoms with van der Waals surface area (Å²) in [5, 5.41) is 13.7. The third-order valence-electron chi connectivity index (χ3n) is 2.39. The van der Waals surface area contributed by atoms with Crippen molar-refractivity contribution in [2.45, 2.75) is 18.6 Å². The molecule has 2 unspecified atom stereocenters. The maximum absolute atomic E-state index is 11.1. The summed E-state index contributed by atoms with van der Waals surface area (Å²) in [4.78, 5) is 13.8. The fourth-order valence-corrected chi connectivity index (χ4v) is 1.71. The number of nitrogens with one attached hydrogen (secondary N) is 1. The second kappa shape index (κ2) is 6.29. The maximum Gasteiger partial charge on any atom is 0.386 e. The van der Waals surface area contributed by atoms with Crippen LogP contribution in [0, 0.1) is 10.1 Å². The van der Waals surface area contributed by atoms with Crippen molar-refractivity contribution in [2.24, 2.45) is 0 Å². The second-order valence-corrected chi connectivity index (χ2v) is 5.46. The van der Waals surface area contributed by atoms with Gasteiger partial charge in [0, 0.05) is 28.9 Å². The van der Waals surface area contributed by atoms with E-state index < -0.39 is 15.7 Å². The fourth-order valence-electron chi connectivity index (χ4n) is 1.26. The first-order chi connectivity index (χ1) is 8.02. The van der Waals surface area contributed by atoms with E-state index in [-0.39, 0.29) is 11.1 Å². The SMILES string of the molecule is CC(CCNc1cccnc1[N+](=O)[O-])S(C)=O. The van der Waals surface area contributed by atoms with E-state index in [0.29, 0.717) is 18.7 Å². The van der Waals surface area contributed by atoms with Crippen molar-refractivity contribution in [1.82, 2.24) is 4.98 Å². The van der Waals surface area contributed by atoms with Gasteiger partial charge in [-0.25, -0.2) is 0 Å². The Morgan fingerprint density at radius 2 is 2.35 bits per heavy atom. The van der Waals surface area contributed by atoms with E-state index >= 15 is 0 Å². The summed E-state index contributed by atoms with van der Waals surface area (Å²) in [6.07, 6.45) is 3.72. The minimum absolute atomic E-state index is 0.0678. The van der Waals surface area contributed by atoms with Gasteiger partial charge >= 0.3 is 5.82 Å². The summed E-state index contributed by atoms with van der Waals surface area (Å²) in [5.74, 6) is -0.183. The van der Waals surface area contributed by atoms with Gasteiger partial charge in [-0.2, -0.15) is 0 Å². The first-order valence-electron chi connectivity index (χ1n) is 5.18. The van der Waals surface area contributed by atoms with Gasteiger partial charge in [0.15, 0.2) is 0 Å². The lowest BCUT2D eigenvalue weighted by atomic mass is 10.3. The van der Waals surface area contributed by atoms with Crippen molar-refractivity contribution < 1.29 is 9.13 Å². The average molecular weight is 257 g/mol. The normalized spacial score (nSPS) is 14.0. The average Bonchev–Trinajstić information content (AvgIpc) is 2.29. The molecule has 0 saturated heterocycles. The van der Waals surface area contributed by atoms with E-state index in [1.165, 1.54) is 6.20 Å². The molecular formula is C10H15N3O3S.